The summed E-state index contributed by atoms with van der Waals surface area (Å²) in [7, 11) is -3.08. The Morgan fingerprint density at radius 1 is 1.36 bits per heavy atom. The molecule has 5 nitrogen and oxygen atoms in total. The molecule has 1 saturated heterocycles. The van der Waals surface area contributed by atoms with Gasteiger partial charge in [-0.1, -0.05) is 0 Å². The molecule has 66 valence electrons. The van der Waals surface area contributed by atoms with Gasteiger partial charge in [0.2, 0.25) is 10.0 Å². The molecule has 0 spiro atoms. The number of rotatable bonds is 2. The molecule has 0 radical (unpaired) electrons. The molecular formula is C5H13N3O2S. The van der Waals surface area contributed by atoms with Crippen LogP contribution < -0.4 is 10.1 Å². The lowest BCUT2D eigenvalue weighted by Crippen LogP contribution is -2.51. The molecule has 1 aliphatic heterocycles. The van der Waals surface area contributed by atoms with E-state index in [0.29, 0.717) is 0 Å². The minimum atomic E-state index is -3.08. The molecule has 0 aromatic heterocycles. The van der Waals surface area contributed by atoms with Crippen LogP contribution in [0, 0.1) is 0 Å². The van der Waals surface area contributed by atoms with E-state index in [1.807, 2.05) is 0 Å². The fraction of sp³-hybridized carbons (Fsp3) is 1.00. The maximum absolute atomic E-state index is 10.7. The third kappa shape index (κ3) is 3.66. The molecule has 1 heterocycles. The molecule has 1 aliphatic rings. The van der Waals surface area contributed by atoms with Gasteiger partial charge in [-0.05, 0) is 0 Å². The van der Waals surface area contributed by atoms with Crippen LogP contribution in [0.15, 0.2) is 0 Å². The van der Waals surface area contributed by atoms with Crippen molar-refractivity contribution in [1.29, 1.82) is 0 Å². The Kier molecular flexibility index (Phi) is 2.83. The first-order valence-electron chi connectivity index (χ1n) is 3.51. The van der Waals surface area contributed by atoms with E-state index in [1.165, 1.54) is 0 Å². The monoisotopic (exact) mass is 179 g/mol. The number of hydrogen-bond donors (Lipinski definition) is 2. The second kappa shape index (κ2) is 3.48. The summed E-state index contributed by atoms with van der Waals surface area (Å²) in [6.45, 7) is 3.13. The van der Waals surface area contributed by atoms with Crippen molar-refractivity contribution in [2.45, 2.75) is 0 Å². The normalized spacial score (nSPS) is 21.9. The fourth-order valence-electron chi connectivity index (χ4n) is 0.991. The van der Waals surface area contributed by atoms with Crippen molar-refractivity contribution in [3.05, 3.63) is 0 Å². The smallest absolute Gasteiger partial charge is 0.221 e. The van der Waals surface area contributed by atoms with Crippen LogP contribution >= 0.6 is 0 Å². The number of hydrogen-bond acceptors (Lipinski definition) is 4. The summed E-state index contributed by atoms with van der Waals surface area (Å²) in [5.41, 5.74) is 0. The standard InChI is InChI=1S/C5H13N3O2S/c1-11(9,10)7-8-4-2-6-3-5-8/h6-7H,2-5H2,1H3. The van der Waals surface area contributed by atoms with Crippen molar-refractivity contribution in [2.75, 3.05) is 32.4 Å². The first-order chi connectivity index (χ1) is 5.08. The van der Waals surface area contributed by atoms with Gasteiger partial charge < -0.3 is 5.32 Å². The average molecular weight is 179 g/mol. The summed E-state index contributed by atoms with van der Waals surface area (Å²) in [5, 5.41) is 4.82. The number of piperazine rings is 1. The van der Waals surface area contributed by atoms with Gasteiger partial charge in [0.25, 0.3) is 0 Å². The average Bonchev–Trinajstić information content (AvgIpc) is 1.85. The van der Waals surface area contributed by atoms with Crippen LogP contribution in [0.3, 0.4) is 0 Å². The van der Waals surface area contributed by atoms with Gasteiger partial charge in [-0.15, -0.1) is 4.83 Å². The molecule has 0 aromatic rings. The Balaban J connectivity index is 2.36. The minimum Gasteiger partial charge on any atom is -0.314 e. The number of hydrazine groups is 1. The van der Waals surface area contributed by atoms with E-state index in [1.54, 1.807) is 5.01 Å². The summed E-state index contributed by atoms with van der Waals surface area (Å²) < 4.78 is 21.5. The van der Waals surface area contributed by atoms with E-state index < -0.39 is 10.0 Å². The lowest BCUT2D eigenvalue weighted by Gasteiger charge is -2.26. The van der Waals surface area contributed by atoms with E-state index in [4.69, 9.17) is 0 Å². The van der Waals surface area contributed by atoms with E-state index >= 15 is 0 Å². The molecule has 0 unspecified atom stereocenters. The van der Waals surface area contributed by atoms with Gasteiger partial charge in [-0.3, -0.25) is 0 Å². The molecule has 0 bridgehead atoms. The predicted octanol–water partition coefficient (Wildman–Crippen LogP) is -1.64. The minimum absolute atomic E-state index is 0.729. The first-order valence-corrected chi connectivity index (χ1v) is 5.40. The highest BCUT2D eigenvalue weighted by Crippen LogP contribution is 1.88. The van der Waals surface area contributed by atoms with Gasteiger partial charge in [0, 0.05) is 26.2 Å². The molecule has 11 heavy (non-hydrogen) atoms. The van der Waals surface area contributed by atoms with Crippen LogP contribution in [0.1, 0.15) is 0 Å². The molecule has 0 aliphatic carbocycles. The Morgan fingerprint density at radius 3 is 2.36 bits per heavy atom. The van der Waals surface area contributed by atoms with Crippen LogP contribution in [-0.4, -0.2) is 45.9 Å². The summed E-state index contributed by atoms with van der Waals surface area (Å²) in [4.78, 5) is 2.42. The third-order valence-corrected chi connectivity index (χ3v) is 2.00. The number of nitrogens with one attached hydrogen (secondary N) is 2. The zero-order chi connectivity index (χ0) is 8.32. The Labute approximate surface area is 66.8 Å². The van der Waals surface area contributed by atoms with Gasteiger partial charge in [0.1, 0.15) is 0 Å². The lowest BCUT2D eigenvalue weighted by atomic mass is 10.4. The highest BCUT2D eigenvalue weighted by atomic mass is 32.2. The molecule has 0 aromatic carbocycles. The fourth-order valence-corrected chi connectivity index (χ4v) is 1.64. The number of nitrogens with zero attached hydrogens (tertiary/aromatic N) is 1. The quantitative estimate of drug-likeness (QED) is 0.533. The van der Waals surface area contributed by atoms with Gasteiger partial charge in [-0.2, -0.15) is 0 Å². The highest BCUT2D eigenvalue weighted by molar-refractivity contribution is 7.88. The molecule has 0 amide bonds. The lowest BCUT2D eigenvalue weighted by molar-refractivity contribution is 0.212. The van der Waals surface area contributed by atoms with Crippen molar-refractivity contribution < 1.29 is 8.42 Å². The Hall–Kier alpha value is -0.170. The zero-order valence-corrected chi connectivity index (χ0v) is 7.32. The molecule has 0 saturated carbocycles. The number of sulfonamides is 1. The van der Waals surface area contributed by atoms with E-state index in [2.05, 4.69) is 10.1 Å². The van der Waals surface area contributed by atoms with Gasteiger partial charge in [0.05, 0.1) is 6.26 Å². The van der Waals surface area contributed by atoms with Crippen LogP contribution in [0.25, 0.3) is 0 Å². The van der Waals surface area contributed by atoms with E-state index in [-0.39, 0.29) is 0 Å². The van der Waals surface area contributed by atoms with Crippen molar-refractivity contribution >= 4 is 10.0 Å². The maximum Gasteiger partial charge on any atom is 0.221 e. The third-order valence-electron chi connectivity index (χ3n) is 1.41. The predicted molar refractivity (Wildman–Crippen MR) is 42.4 cm³/mol. The van der Waals surface area contributed by atoms with Crippen molar-refractivity contribution in [3.63, 3.8) is 0 Å². The van der Waals surface area contributed by atoms with Crippen LogP contribution in [0.5, 0.6) is 0 Å². The van der Waals surface area contributed by atoms with Crippen molar-refractivity contribution in [3.8, 4) is 0 Å². The van der Waals surface area contributed by atoms with E-state index in [9.17, 15) is 8.42 Å². The Bertz CT molecular complexity index is 208. The largest absolute Gasteiger partial charge is 0.314 e. The van der Waals surface area contributed by atoms with Crippen LogP contribution in [-0.2, 0) is 10.0 Å². The maximum atomic E-state index is 10.7. The topological polar surface area (TPSA) is 61.4 Å². The summed E-state index contributed by atoms with van der Waals surface area (Å²) in [5.74, 6) is 0. The summed E-state index contributed by atoms with van der Waals surface area (Å²) in [6.07, 6.45) is 1.16. The van der Waals surface area contributed by atoms with Crippen molar-refractivity contribution in [2.24, 2.45) is 0 Å². The molecular weight excluding hydrogens is 166 g/mol. The van der Waals surface area contributed by atoms with E-state index in [0.717, 1.165) is 32.4 Å². The molecule has 0 atom stereocenters. The van der Waals surface area contributed by atoms with Crippen LogP contribution in [0.4, 0.5) is 0 Å². The van der Waals surface area contributed by atoms with Gasteiger partial charge in [0.15, 0.2) is 0 Å². The van der Waals surface area contributed by atoms with Gasteiger partial charge >= 0.3 is 0 Å². The molecule has 1 fully saturated rings. The molecule has 2 N–H and O–H groups in total. The SMILES string of the molecule is CS(=O)(=O)NN1CCNCC1. The summed E-state index contributed by atoms with van der Waals surface area (Å²) >= 11 is 0. The first kappa shape index (κ1) is 8.92. The zero-order valence-electron chi connectivity index (χ0n) is 6.50. The van der Waals surface area contributed by atoms with Crippen LogP contribution in [0.2, 0.25) is 0 Å². The van der Waals surface area contributed by atoms with Gasteiger partial charge in [-0.25, -0.2) is 13.4 Å². The van der Waals surface area contributed by atoms with Crippen molar-refractivity contribution in [1.82, 2.24) is 15.2 Å². The molecule has 6 heteroatoms. The second-order valence-corrected chi connectivity index (χ2v) is 4.33. The summed E-state index contributed by atoms with van der Waals surface area (Å²) in [6, 6.07) is 0. The highest BCUT2D eigenvalue weighted by Gasteiger charge is 2.12. The second-order valence-electron chi connectivity index (χ2n) is 2.60. The molecule has 1 rings (SSSR count). The Morgan fingerprint density at radius 2 is 1.91 bits per heavy atom.